The molecule has 0 unspecified atom stereocenters. The average molecular weight is 242 g/mol. The molecule has 4 heteroatoms. The van der Waals surface area contributed by atoms with Gasteiger partial charge in [0.25, 0.3) is 0 Å². The van der Waals surface area contributed by atoms with Crippen LogP contribution in [-0.4, -0.2) is 23.6 Å². The maximum atomic E-state index is 6.06. The van der Waals surface area contributed by atoms with Crippen LogP contribution in [0.1, 0.15) is 38.7 Å². The predicted molar refractivity (Wildman–Crippen MR) is 69.2 cm³/mol. The van der Waals surface area contributed by atoms with Gasteiger partial charge in [-0.3, -0.25) is 0 Å². The number of halogens is 1. The standard InChI is InChI=1S/C12H20ClN3/c1-4-6-7-8-16(3)12-10(5-2)11(13)14-9-15-12/h9H,4-8H2,1-3H3. The minimum Gasteiger partial charge on any atom is -0.359 e. The molecule has 16 heavy (non-hydrogen) atoms. The van der Waals surface area contributed by atoms with Gasteiger partial charge in [-0.25, -0.2) is 9.97 Å². The van der Waals surface area contributed by atoms with Crippen molar-refractivity contribution in [3.05, 3.63) is 17.0 Å². The number of hydrogen-bond acceptors (Lipinski definition) is 3. The van der Waals surface area contributed by atoms with Crippen LogP contribution in [0, 0.1) is 0 Å². The van der Waals surface area contributed by atoms with Gasteiger partial charge in [0, 0.05) is 19.2 Å². The first-order valence-electron chi connectivity index (χ1n) is 5.91. The van der Waals surface area contributed by atoms with E-state index in [1.165, 1.54) is 25.6 Å². The number of nitrogens with zero attached hydrogens (tertiary/aromatic N) is 3. The summed E-state index contributed by atoms with van der Waals surface area (Å²) in [6.07, 6.45) is 6.08. The third kappa shape index (κ3) is 3.34. The van der Waals surface area contributed by atoms with Gasteiger partial charge in [-0.05, 0) is 12.8 Å². The van der Waals surface area contributed by atoms with E-state index in [-0.39, 0.29) is 0 Å². The van der Waals surface area contributed by atoms with Crippen molar-refractivity contribution >= 4 is 17.4 Å². The monoisotopic (exact) mass is 241 g/mol. The van der Waals surface area contributed by atoms with E-state index in [1.54, 1.807) is 0 Å². The fourth-order valence-electron chi connectivity index (χ4n) is 1.72. The molecule has 0 atom stereocenters. The molecule has 0 saturated heterocycles. The Kier molecular flexibility index (Phi) is 5.53. The summed E-state index contributed by atoms with van der Waals surface area (Å²) >= 11 is 6.06. The highest BCUT2D eigenvalue weighted by molar-refractivity contribution is 6.30. The number of unbranched alkanes of at least 4 members (excludes halogenated alkanes) is 2. The van der Waals surface area contributed by atoms with Gasteiger partial charge in [-0.15, -0.1) is 0 Å². The Morgan fingerprint density at radius 2 is 2.00 bits per heavy atom. The highest BCUT2D eigenvalue weighted by Gasteiger charge is 2.11. The first-order chi connectivity index (χ1) is 7.70. The van der Waals surface area contributed by atoms with Crippen molar-refractivity contribution in [3.8, 4) is 0 Å². The molecule has 1 aromatic heterocycles. The topological polar surface area (TPSA) is 29.0 Å². The highest BCUT2D eigenvalue weighted by Crippen LogP contribution is 2.23. The summed E-state index contributed by atoms with van der Waals surface area (Å²) in [7, 11) is 2.06. The highest BCUT2D eigenvalue weighted by atomic mass is 35.5. The molecule has 0 radical (unpaired) electrons. The SMILES string of the molecule is CCCCCN(C)c1ncnc(Cl)c1CC. The van der Waals surface area contributed by atoms with Crippen LogP contribution in [-0.2, 0) is 6.42 Å². The molecule has 0 bridgehead atoms. The Morgan fingerprint density at radius 1 is 1.25 bits per heavy atom. The molecule has 0 aliphatic rings. The van der Waals surface area contributed by atoms with E-state index in [9.17, 15) is 0 Å². The second kappa shape index (κ2) is 6.69. The smallest absolute Gasteiger partial charge is 0.137 e. The van der Waals surface area contributed by atoms with Gasteiger partial charge in [0.2, 0.25) is 0 Å². The Balaban J connectivity index is 2.74. The van der Waals surface area contributed by atoms with E-state index in [4.69, 9.17) is 11.6 Å². The third-order valence-electron chi connectivity index (χ3n) is 2.68. The molecule has 0 aliphatic heterocycles. The average Bonchev–Trinajstić information content (AvgIpc) is 2.29. The minimum absolute atomic E-state index is 0.579. The lowest BCUT2D eigenvalue weighted by Crippen LogP contribution is -2.21. The zero-order valence-corrected chi connectivity index (χ0v) is 11.1. The van der Waals surface area contributed by atoms with Crippen molar-refractivity contribution in [2.45, 2.75) is 39.5 Å². The molecule has 0 aromatic carbocycles. The van der Waals surface area contributed by atoms with Crippen molar-refractivity contribution in [1.82, 2.24) is 9.97 Å². The van der Waals surface area contributed by atoms with Crippen molar-refractivity contribution in [2.24, 2.45) is 0 Å². The molecule has 1 rings (SSSR count). The fourth-order valence-corrected chi connectivity index (χ4v) is 1.98. The zero-order chi connectivity index (χ0) is 12.0. The second-order valence-corrected chi connectivity index (χ2v) is 4.31. The Bertz CT molecular complexity index is 328. The van der Waals surface area contributed by atoms with Crippen LogP contribution in [0.3, 0.4) is 0 Å². The van der Waals surface area contributed by atoms with Crippen LogP contribution in [0.5, 0.6) is 0 Å². The molecular weight excluding hydrogens is 222 g/mol. The molecule has 1 heterocycles. The number of hydrogen-bond donors (Lipinski definition) is 0. The van der Waals surface area contributed by atoms with Gasteiger partial charge in [0.15, 0.2) is 0 Å². The lowest BCUT2D eigenvalue weighted by molar-refractivity contribution is 0.698. The van der Waals surface area contributed by atoms with Crippen LogP contribution in [0.25, 0.3) is 0 Å². The lowest BCUT2D eigenvalue weighted by atomic mass is 10.2. The largest absolute Gasteiger partial charge is 0.359 e. The summed E-state index contributed by atoms with van der Waals surface area (Å²) in [6.45, 7) is 5.31. The summed E-state index contributed by atoms with van der Waals surface area (Å²) < 4.78 is 0. The lowest BCUT2D eigenvalue weighted by Gasteiger charge is -2.20. The van der Waals surface area contributed by atoms with E-state index in [0.717, 1.165) is 24.3 Å². The van der Waals surface area contributed by atoms with Crippen LogP contribution in [0.4, 0.5) is 5.82 Å². The van der Waals surface area contributed by atoms with Crippen LogP contribution < -0.4 is 4.90 Å². The summed E-state index contributed by atoms with van der Waals surface area (Å²) in [6, 6.07) is 0. The fraction of sp³-hybridized carbons (Fsp3) is 0.667. The molecule has 3 nitrogen and oxygen atoms in total. The van der Waals surface area contributed by atoms with Crippen molar-refractivity contribution in [1.29, 1.82) is 0 Å². The van der Waals surface area contributed by atoms with Gasteiger partial charge >= 0.3 is 0 Å². The molecule has 1 aromatic rings. The first-order valence-corrected chi connectivity index (χ1v) is 6.29. The van der Waals surface area contributed by atoms with Crippen LogP contribution >= 0.6 is 11.6 Å². The molecule has 90 valence electrons. The van der Waals surface area contributed by atoms with E-state index < -0.39 is 0 Å². The van der Waals surface area contributed by atoms with Crippen molar-refractivity contribution < 1.29 is 0 Å². The maximum absolute atomic E-state index is 6.06. The predicted octanol–water partition coefficient (Wildman–Crippen LogP) is 3.32. The first kappa shape index (κ1) is 13.2. The molecule has 0 fully saturated rings. The van der Waals surface area contributed by atoms with Crippen LogP contribution in [0.15, 0.2) is 6.33 Å². The summed E-state index contributed by atoms with van der Waals surface area (Å²) in [4.78, 5) is 10.5. The van der Waals surface area contributed by atoms with E-state index >= 15 is 0 Å². The Morgan fingerprint density at radius 3 is 2.62 bits per heavy atom. The van der Waals surface area contributed by atoms with Gasteiger partial charge in [-0.2, -0.15) is 0 Å². The van der Waals surface area contributed by atoms with Gasteiger partial charge in [0.1, 0.15) is 17.3 Å². The Labute approximate surface area is 103 Å². The molecular formula is C12H20ClN3. The van der Waals surface area contributed by atoms with E-state index in [2.05, 4.69) is 35.8 Å². The Hall–Kier alpha value is -0.830. The molecule has 0 amide bonds. The van der Waals surface area contributed by atoms with Gasteiger partial charge in [-0.1, -0.05) is 38.3 Å². The summed E-state index contributed by atoms with van der Waals surface area (Å²) in [5.74, 6) is 0.971. The molecule has 0 N–H and O–H groups in total. The third-order valence-corrected chi connectivity index (χ3v) is 3.01. The minimum atomic E-state index is 0.579. The van der Waals surface area contributed by atoms with E-state index in [0.29, 0.717) is 5.15 Å². The molecule has 0 saturated carbocycles. The van der Waals surface area contributed by atoms with E-state index in [1.807, 2.05) is 0 Å². The second-order valence-electron chi connectivity index (χ2n) is 3.95. The molecule has 0 aliphatic carbocycles. The van der Waals surface area contributed by atoms with Gasteiger partial charge < -0.3 is 4.90 Å². The quantitative estimate of drug-likeness (QED) is 0.565. The zero-order valence-electron chi connectivity index (χ0n) is 10.3. The van der Waals surface area contributed by atoms with Crippen LogP contribution in [0.2, 0.25) is 5.15 Å². The van der Waals surface area contributed by atoms with Crippen molar-refractivity contribution in [3.63, 3.8) is 0 Å². The molecule has 0 spiro atoms. The van der Waals surface area contributed by atoms with Gasteiger partial charge in [0.05, 0.1) is 0 Å². The maximum Gasteiger partial charge on any atom is 0.137 e. The number of rotatable bonds is 6. The normalized spacial score (nSPS) is 10.5. The number of anilines is 1. The summed E-state index contributed by atoms with van der Waals surface area (Å²) in [5, 5.41) is 0.579. The summed E-state index contributed by atoms with van der Waals surface area (Å²) in [5.41, 5.74) is 1.04. The number of aromatic nitrogens is 2. The van der Waals surface area contributed by atoms with Crippen molar-refractivity contribution in [2.75, 3.05) is 18.5 Å².